The molecule has 0 aliphatic rings. The third-order valence-electron chi connectivity index (χ3n) is 3.28. The fraction of sp³-hybridized carbons (Fsp3) is 0.158. The molecule has 0 radical (unpaired) electrons. The topological polar surface area (TPSA) is 108 Å². The lowest BCUT2D eigenvalue weighted by Crippen LogP contribution is -2.21. The summed E-state index contributed by atoms with van der Waals surface area (Å²) in [7, 11) is 0. The van der Waals surface area contributed by atoms with Crippen LogP contribution in [0.4, 0.5) is 11.4 Å². The number of rotatable bonds is 6. The Morgan fingerprint density at radius 3 is 2.27 bits per heavy atom. The molecule has 0 saturated heterocycles. The summed E-state index contributed by atoms with van der Waals surface area (Å²) in [4.78, 5) is 35.4. The number of ether oxygens (including phenoxy) is 1. The van der Waals surface area contributed by atoms with Gasteiger partial charge in [0.25, 0.3) is 0 Å². The SMILES string of the molecule is CCOC(=O)c1ccc(NC(=O)CC(=O)Nc2cccc(C#N)c2)cc1. The van der Waals surface area contributed by atoms with Crippen molar-refractivity contribution in [2.45, 2.75) is 13.3 Å². The van der Waals surface area contributed by atoms with E-state index in [4.69, 9.17) is 10.00 Å². The largest absolute Gasteiger partial charge is 0.462 e. The first kappa shape index (κ1) is 18.7. The summed E-state index contributed by atoms with van der Waals surface area (Å²) in [5.74, 6) is -1.44. The second-order valence-electron chi connectivity index (χ2n) is 5.26. The Morgan fingerprint density at radius 1 is 1.00 bits per heavy atom. The molecule has 0 saturated carbocycles. The first-order valence-electron chi connectivity index (χ1n) is 7.89. The van der Waals surface area contributed by atoms with Gasteiger partial charge in [-0.25, -0.2) is 4.79 Å². The van der Waals surface area contributed by atoms with Gasteiger partial charge in [-0.3, -0.25) is 9.59 Å². The predicted molar refractivity (Wildman–Crippen MR) is 95.4 cm³/mol. The first-order chi connectivity index (χ1) is 12.5. The molecule has 2 amide bonds. The highest BCUT2D eigenvalue weighted by molar-refractivity contribution is 6.08. The van der Waals surface area contributed by atoms with Crippen molar-refractivity contribution in [2.75, 3.05) is 17.2 Å². The van der Waals surface area contributed by atoms with E-state index < -0.39 is 17.8 Å². The van der Waals surface area contributed by atoms with Crippen LogP contribution < -0.4 is 10.6 Å². The van der Waals surface area contributed by atoms with Gasteiger partial charge in [-0.2, -0.15) is 5.26 Å². The van der Waals surface area contributed by atoms with Crippen molar-refractivity contribution in [1.82, 2.24) is 0 Å². The molecule has 7 heteroatoms. The van der Waals surface area contributed by atoms with Crippen LogP contribution in [0.3, 0.4) is 0 Å². The summed E-state index contributed by atoms with van der Waals surface area (Å²) in [5, 5.41) is 14.0. The van der Waals surface area contributed by atoms with Crippen molar-refractivity contribution < 1.29 is 19.1 Å². The van der Waals surface area contributed by atoms with Gasteiger partial charge in [0.1, 0.15) is 6.42 Å². The first-order valence-corrected chi connectivity index (χ1v) is 7.89. The predicted octanol–water partition coefficient (Wildman–Crippen LogP) is 2.70. The molecule has 0 fully saturated rings. The smallest absolute Gasteiger partial charge is 0.338 e. The molecule has 132 valence electrons. The maximum Gasteiger partial charge on any atom is 0.338 e. The molecule has 0 aliphatic heterocycles. The van der Waals surface area contributed by atoms with Gasteiger partial charge in [0.15, 0.2) is 0 Å². The van der Waals surface area contributed by atoms with E-state index in [0.717, 1.165) is 0 Å². The standard InChI is InChI=1S/C19H17N3O4/c1-2-26-19(25)14-6-8-15(9-7-14)21-17(23)11-18(24)22-16-5-3-4-13(10-16)12-20/h3-10H,2,11H2,1H3,(H,21,23)(H,22,24). The van der Waals surface area contributed by atoms with E-state index in [0.29, 0.717) is 22.5 Å². The minimum Gasteiger partial charge on any atom is -0.462 e. The normalized spacial score (nSPS) is 9.69. The fourth-order valence-electron chi connectivity index (χ4n) is 2.13. The zero-order valence-electron chi connectivity index (χ0n) is 14.1. The Hall–Kier alpha value is -3.66. The van der Waals surface area contributed by atoms with Crippen LogP contribution in [0.25, 0.3) is 0 Å². The van der Waals surface area contributed by atoms with Crippen molar-refractivity contribution >= 4 is 29.2 Å². The van der Waals surface area contributed by atoms with Gasteiger partial charge in [-0.1, -0.05) is 6.07 Å². The number of esters is 1. The summed E-state index contributed by atoms with van der Waals surface area (Å²) in [6, 6.07) is 14.5. The number of nitrogens with one attached hydrogen (secondary N) is 2. The number of nitriles is 1. The zero-order chi connectivity index (χ0) is 18.9. The van der Waals surface area contributed by atoms with Crippen LogP contribution >= 0.6 is 0 Å². The number of carbonyl (C=O) groups is 3. The molecule has 0 spiro atoms. The molecule has 0 aromatic heterocycles. The lowest BCUT2D eigenvalue weighted by molar-refractivity contribution is -0.123. The number of benzene rings is 2. The Labute approximate surface area is 150 Å². The molecule has 0 aliphatic carbocycles. The minimum absolute atomic E-state index is 0.281. The number of anilines is 2. The monoisotopic (exact) mass is 351 g/mol. The Kier molecular flexibility index (Phi) is 6.46. The van der Waals surface area contributed by atoms with Crippen LogP contribution in [-0.4, -0.2) is 24.4 Å². The molecule has 7 nitrogen and oxygen atoms in total. The Morgan fingerprint density at radius 2 is 1.65 bits per heavy atom. The minimum atomic E-state index is -0.499. The van der Waals surface area contributed by atoms with Gasteiger partial charge in [-0.05, 0) is 49.4 Å². The van der Waals surface area contributed by atoms with E-state index in [2.05, 4.69) is 10.6 Å². The number of amides is 2. The molecule has 26 heavy (non-hydrogen) atoms. The zero-order valence-corrected chi connectivity index (χ0v) is 14.1. The van der Waals surface area contributed by atoms with Crippen molar-refractivity contribution in [3.63, 3.8) is 0 Å². The molecule has 0 bridgehead atoms. The van der Waals surface area contributed by atoms with E-state index in [1.165, 1.54) is 18.2 Å². The summed E-state index contributed by atoms with van der Waals surface area (Å²) in [6.45, 7) is 2.00. The van der Waals surface area contributed by atoms with Crippen molar-refractivity contribution in [1.29, 1.82) is 5.26 Å². The maximum absolute atomic E-state index is 11.9. The maximum atomic E-state index is 11.9. The highest BCUT2D eigenvalue weighted by Crippen LogP contribution is 2.12. The molecular formula is C19H17N3O4. The third-order valence-corrected chi connectivity index (χ3v) is 3.28. The lowest BCUT2D eigenvalue weighted by Gasteiger charge is -2.08. The molecule has 0 heterocycles. The lowest BCUT2D eigenvalue weighted by atomic mass is 10.2. The molecule has 0 unspecified atom stereocenters. The third kappa shape index (κ3) is 5.46. The summed E-state index contributed by atoms with van der Waals surface area (Å²) >= 11 is 0. The number of hydrogen-bond acceptors (Lipinski definition) is 5. The highest BCUT2D eigenvalue weighted by atomic mass is 16.5. The molecular weight excluding hydrogens is 334 g/mol. The van der Waals surface area contributed by atoms with E-state index in [1.807, 2.05) is 6.07 Å². The van der Waals surface area contributed by atoms with Crippen LogP contribution in [0.5, 0.6) is 0 Å². The van der Waals surface area contributed by atoms with Gasteiger partial charge in [0, 0.05) is 11.4 Å². The highest BCUT2D eigenvalue weighted by Gasteiger charge is 2.11. The molecule has 2 rings (SSSR count). The second kappa shape index (κ2) is 8.99. The van der Waals surface area contributed by atoms with E-state index in [9.17, 15) is 14.4 Å². The van der Waals surface area contributed by atoms with Crippen LogP contribution in [0, 0.1) is 11.3 Å². The molecule has 2 aromatic carbocycles. The van der Waals surface area contributed by atoms with E-state index in [1.54, 1.807) is 37.3 Å². The van der Waals surface area contributed by atoms with Gasteiger partial charge < -0.3 is 15.4 Å². The Balaban J connectivity index is 1.88. The fourth-order valence-corrected chi connectivity index (χ4v) is 2.13. The van der Waals surface area contributed by atoms with Gasteiger partial charge in [-0.15, -0.1) is 0 Å². The van der Waals surface area contributed by atoms with E-state index in [-0.39, 0.29) is 13.0 Å². The van der Waals surface area contributed by atoms with Crippen molar-refractivity contribution in [3.05, 3.63) is 59.7 Å². The number of hydrogen-bond donors (Lipinski definition) is 2. The van der Waals surface area contributed by atoms with Crippen molar-refractivity contribution in [2.24, 2.45) is 0 Å². The quantitative estimate of drug-likeness (QED) is 0.614. The number of carbonyl (C=O) groups excluding carboxylic acids is 3. The van der Waals surface area contributed by atoms with Crippen LogP contribution in [0.1, 0.15) is 29.3 Å². The second-order valence-corrected chi connectivity index (χ2v) is 5.26. The van der Waals surface area contributed by atoms with Crippen LogP contribution in [0.15, 0.2) is 48.5 Å². The average molecular weight is 351 g/mol. The van der Waals surface area contributed by atoms with E-state index >= 15 is 0 Å². The van der Waals surface area contributed by atoms with Gasteiger partial charge >= 0.3 is 5.97 Å². The van der Waals surface area contributed by atoms with Gasteiger partial charge in [0.2, 0.25) is 11.8 Å². The van der Waals surface area contributed by atoms with Gasteiger partial charge in [0.05, 0.1) is 23.8 Å². The molecule has 2 N–H and O–H groups in total. The molecule has 0 atom stereocenters. The summed E-state index contributed by atoms with van der Waals surface area (Å²) in [5.41, 5.74) is 1.69. The van der Waals surface area contributed by atoms with Crippen LogP contribution in [-0.2, 0) is 14.3 Å². The number of nitrogens with zero attached hydrogens (tertiary/aromatic N) is 1. The average Bonchev–Trinajstić information content (AvgIpc) is 2.62. The molecule has 2 aromatic rings. The Bertz CT molecular complexity index is 854. The van der Waals surface area contributed by atoms with Crippen molar-refractivity contribution in [3.8, 4) is 6.07 Å². The van der Waals surface area contributed by atoms with Crippen LogP contribution in [0.2, 0.25) is 0 Å². The summed E-state index contributed by atoms with van der Waals surface area (Å²) in [6.07, 6.45) is -0.379. The summed E-state index contributed by atoms with van der Waals surface area (Å²) < 4.78 is 4.88.